The van der Waals surface area contributed by atoms with Crippen LogP contribution in [0.4, 0.5) is 10.1 Å². The molecule has 1 aromatic carbocycles. The fraction of sp³-hybridized carbons (Fsp3) is 0.364. The number of hydrogen-bond acceptors (Lipinski definition) is 2. The Morgan fingerprint density at radius 2 is 2.13 bits per heavy atom. The third-order valence-corrected chi connectivity index (χ3v) is 2.05. The zero-order valence-electron chi connectivity index (χ0n) is 9.17. The van der Waals surface area contributed by atoms with Crippen LogP contribution >= 0.6 is 0 Å². The highest BCUT2D eigenvalue weighted by atomic mass is 19.1. The highest BCUT2D eigenvalue weighted by Gasteiger charge is 2.06. The molecule has 0 aromatic heterocycles. The summed E-state index contributed by atoms with van der Waals surface area (Å²) in [5, 5.41) is 2.76. The minimum atomic E-state index is -0.332. The van der Waals surface area contributed by atoms with E-state index in [0.29, 0.717) is 5.69 Å². The van der Waals surface area contributed by atoms with Gasteiger partial charge in [0.15, 0.2) is 0 Å². The summed E-state index contributed by atoms with van der Waals surface area (Å²) < 4.78 is 13.3. The van der Waals surface area contributed by atoms with Gasteiger partial charge in [0, 0.05) is 14.1 Å². The normalized spacial score (nSPS) is 9.87. The largest absolute Gasteiger partial charge is 0.374 e. The van der Waals surface area contributed by atoms with E-state index in [1.807, 2.05) is 6.92 Å². The van der Waals surface area contributed by atoms with Crippen LogP contribution in [-0.4, -0.2) is 31.4 Å². The molecule has 4 heteroatoms. The van der Waals surface area contributed by atoms with E-state index in [1.54, 1.807) is 26.2 Å². The molecule has 0 bridgehead atoms. The number of hydrogen-bond donors (Lipinski definition) is 1. The van der Waals surface area contributed by atoms with Gasteiger partial charge in [-0.1, -0.05) is 6.07 Å². The number of aryl methyl sites for hydroxylation is 1. The molecule has 0 aliphatic rings. The summed E-state index contributed by atoms with van der Waals surface area (Å²) in [6.07, 6.45) is 0. The number of likely N-dealkylation sites (N-methyl/N-ethyl adjacent to an activating group) is 1. The molecule has 0 saturated heterocycles. The van der Waals surface area contributed by atoms with Crippen LogP contribution in [0.1, 0.15) is 5.56 Å². The molecular weight excluding hydrogens is 195 g/mol. The Hall–Kier alpha value is -1.58. The molecule has 0 atom stereocenters. The molecule has 0 unspecified atom stereocenters. The number of carbonyl (C=O) groups is 1. The van der Waals surface area contributed by atoms with Crippen molar-refractivity contribution in [1.82, 2.24) is 4.90 Å². The second kappa shape index (κ2) is 4.77. The maximum absolute atomic E-state index is 13.3. The number of amides is 1. The predicted molar refractivity (Wildman–Crippen MR) is 58.3 cm³/mol. The Labute approximate surface area is 88.9 Å². The first-order valence-electron chi connectivity index (χ1n) is 4.71. The van der Waals surface area contributed by atoms with Crippen LogP contribution in [0.25, 0.3) is 0 Å². The SMILES string of the molecule is Cc1ccc(NCC(=O)N(C)C)c(F)c1. The molecule has 0 spiro atoms. The highest BCUT2D eigenvalue weighted by molar-refractivity contribution is 5.80. The van der Waals surface area contributed by atoms with Crippen LogP contribution in [0.3, 0.4) is 0 Å². The van der Waals surface area contributed by atoms with Gasteiger partial charge in [-0.2, -0.15) is 0 Å². The molecule has 1 amide bonds. The summed E-state index contributed by atoms with van der Waals surface area (Å²) in [6, 6.07) is 4.86. The van der Waals surface area contributed by atoms with E-state index in [2.05, 4.69) is 5.32 Å². The molecule has 15 heavy (non-hydrogen) atoms. The van der Waals surface area contributed by atoms with Crippen LogP contribution in [0.15, 0.2) is 18.2 Å². The average molecular weight is 210 g/mol. The summed E-state index contributed by atoms with van der Waals surface area (Å²) in [6.45, 7) is 1.92. The Morgan fingerprint density at radius 1 is 1.47 bits per heavy atom. The molecule has 0 aliphatic heterocycles. The van der Waals surface area contributed by atoms with Crippen molar-refractivity contribution in [3.8, 4) is 0 Å². The number of nitrogens with one attached hydrogen (secondary N) is 1. The van der Waals surface area contributed by atoms with Gasteiger partial charge in [0.2, 0.25) is 5.91 Å². The number of carbonyl (C=O) groups excluding carboxylic acids is 1. The van der Waals surface area contributed by atoms with Gasteiger partial charge in [-0.3, -0.25) is 4.79 Å². The van der Waals surface area contributed by atoms with E-state index in [0.717, 1.165) is 5.56 Å². The molecule has 0 saturated carbocycles. The maximum atomic E-state index is 13.3. The van der Waals surface area contributed by atoms with Gasteiger partial charge in [-0.25, -0.2) is 4.39 Å². The first-order valence-corrected chi connectivity index (χ1v) is 4.71. The zero-order chi connectivity index (χ0) is 11.4. The maximum Gasteiger partial charge on any atom is 0.241 e. The van der Waals surface area contributed by atoms with E-state index < -0.39 is 0 Å². The van der Waals surface area contributed by atoms with Crippen molar-refractivity contribution in [1.29, 1.82) is 0 Å². The molecular formula is C11H15FN2O. The van der Waals surface area contributed by atoms with Crippen molar-refractivity contribution in [3.63, 3.8) is 0 Å². The van der Waals surface area contributed by atoms with Crippen molar-refractivity contribution in [2.24, 2.45) is 0 Å². The standard InChI is InChI=1S/C11H15FN2O/c1-8-4-5-10(9(12)6-8)13-7-11(15)14(2)3/h4-6,13H,7H2,1-3H3. The number of benzene rings is 1. The van der Waals surface area contributed by atoms with Crippen LogP contribution in [0, 0.1) is 12.7 Å². The molecule has 1 N–H and O–H groups in total. The summed E-state index contributed by atoms with van der Waals surface area (Å²) in [5.41, 5.74) is 1.22. The van der Waals surface area contributed by atoms with Crippen molar-refractivity contribution >= 4 is 11.6 Å². The van der Waals surface area contributed by atoms with Crippen molar-refractivity contribution in [2.45, 2.75) is 6.92 Å². The fourth-order valence-corrected chi connectivity index (χ4v) is 1.09. The molecule has 0 fully saturated rings. The molecule has 1 aromatic rings. The summed E-state index contributed by atoms with van der Waals surface area (Å²) in [5.74, 6) is -0.420. The second-order valence-corrected chi connectivity index (χ2v) is 3.63. The molecule has 82 valence electrons. The van der Waals surface area contributed by atoms with Crippen LogP contribution in [-0.2, 0) is 4.79 Å². The highest BCUT2D eigenvalue weighted by Crippen LogP contribution is 2.14. The number of anilines is 1. The minimum absolute atomic E-state index is 0.0880. The fourth-order valence-electron chi connectivity index (χ4n) is 1.09. The Kier molecular flexibility index (Phi) is 3.66. The lowest BCUT2D eigenvalue weighted by molar-refractivity contribution is -0.126. The predicted octanol–water partition coefficient (Wildman–Crippen LogP) is 1.63. The summed E-state index contributed by atoms with van der Waals surface area (Å²) in [4.78, 5) is 12.7. The molecule has 3 nitrogen and oxygen atoms in total. The smallest absolute Gasteiger partial charge is 0.241 e. The zero-order valence-corrected chi connectivity index (χ0v) is 9.17. The lowest BCUT2D eigenvalue weighted by atomic mass is 10.2. The molecule has 0 aliphatic carbocycles. The first-order chi connectivity index (χ1) is 7.00. The Bertz CT molecular complexity index is 364. The quantitative estimate of drug-likeness (QED) is 0.822. The minimum Gasteiger partial charge on any atom is -0.374 e. The third kappa shape index (κ3) is 3.23. The van der Waals surface area contributed by atoms with Crippen molar-refractivity contribution in [3.05, 3.63) is 29.6 Å². The van der Waals surface area contributed by atoms with Gasteiger partial charge < -0.3 is 10.2 Å². The lowest BCUT2D eigenvalue weighted by Gasteiger charge is -2.12. The van der Waals surface area contributed by atoms with Crippen LogP contribution < -0.4 is 5.32 Å². The number of halogens is 1. The summed E-state index contributed by atoms with van der Waals surface area (Å²) in [7, 11) is 3.32. The van der Waals surface area contributed by atoms with E-state index in [1.165, 1.54) is 11.0 Å². The van der Waals surface area contributed by atoms with Gasteiger partial charge in [0.25, 0.3) is 0 Å². The van der Waals surface area contributed by atoms with E-state index in [-0.39, 0.29) is 18.3 Å². The average Bonchev–Trinajstić information content (AvgIpc) is 2.15. The van der Waals surface area contributed by atoms with Crippen molar-refractivity contribution in [2.75, 3.05) is 26.0 Å². The van der Waals surface area contributed by atoms with Crippen LogP contribution in [0.5, 0.6) is 0 Å². The topological polar surface area (TPSA) is 32.3 Å². The van der Waals surface area contributed by atoms with E-state index in [4.69, 9.17) is 0 Å². The Balaban J connectivity index is 2.62. The summed E-state index contributed by atoms with van der Waals surface area (Å²) >= 11 is 0. The number of rotatable bonds is 3. The molecule has 0 heterocycles. The van der Waals surface area contributed by atoms with Crippen LogP contribution in [0.2, 0.25) is 0 Å². The van der Waals surface area contributed by atoms with Crippen molar-refractivity contribution < 1.29 is 9.18 Å². The second-order valence-electron chi connectivity index (χ2n) is 3.63. The van der Waals surface area contributed by atoms with Gasteiger partial charge in [-0.15, -0.1) is 0 Å². The lowest BCUT2D eigenvalue weighted by Crippen LogP contribution is -2.28. The van der Waals surface area contributed by atoms with Gasteiger partial charge in [0.05, 0.1) is 12.2 Å². The number of nitrogens with zero attached hydrogens (tertiary/aromatic N) is 1. The monoisotopic (exact) mass is 210 g/mol. The van der Waals surface area contributed by atoms with Gasteiger partial charge in [-0.05, 0) is 24.6 Å². The first kappa shape index (κ1) is 11.5. The van der Waals surface area contributed by atoms with E-state index in [9.17, 15) is 9.18 Å². The Morgan fingerprint density at radius 3 is 2.67 bits per heavy atom. The van der Waals surface area contributed by atoms with Gasteiger partial charge >= 0.3 is 0 Å². The van der Waals surface area contributed by atoms with E-state index >= 15 is 0 Å². The van der Waals surface area contributed by atoms with Gasteiger partial charge in [0.1, 0.15) is 5.82 Å². The molecule has 1 rings (SSSR count). The third-order valence-electron chi connectivity index (χ3n) is 2.05. The molecule has 0 radical (unpaired) electrons.